The van der Waals surface area contributed by atoms with Crippen LogP contribution in [-0.2, 0) is 16.8 Å². The van der Waals surface area contributed by atoms with Gasteiger partial charge in [0.1, 0.15) is 5.60 Å². The summed E-state index contributed by atoms with van der Waals surface area (Å²) < 4.78 is 5.03. The Morgan fingerprint density at radius 2 is 2.36 bits per heavy atom. The van der Waals surface area contributed by atoms with Crippen molar-refractivity contribution in [3.8, 4) is 0 Å². The fourth-order valence-corrected chi connectivity index (χ4v) is 2.37. The van der Waals surface area contributed by atoms with E-state index in [1.165, 1.54) is 0 Å². The van der Waals surface area contributed by atoms with Crippen LogP contribution in [0.15, 0.2) is 18.2 Å². The zero-order chi connectivity index (χ0) is 10.2. The van der Waals surface area contributed by atoms with E-state index in [1.54, 1.807) is 7.11 Å². The fraction of sp³-hybridized carbons (Fsp3) is 0.455. The van der Waals surface area contributed by atoms with E-state index in [2.05, 4.69) is 0 Å². The first-order valence-electron chi connectivity index (χ1n) is 4.66. The lowest BCUT2D eigenvalue weighted by Gasteiger charge is -2.22. The van der Waals surface area contributed by atoms with Crippen molar-refractivity contribution in [3.05, 3.63) is 34.3 Å². The van der Waals surface area contributed by atoms with Crippen molar-refractivity contribution < 1.29 is 9.84 Å². The molecule has 0 amide bonds. The molecule has 0 fully saturated rings. The van der Waals surface area contributed by atoms with Gasteiger partial charge in [-0.25, -0.2) is 0 Å². The highest BCUT2D eigenvalue weighted by Gasteiger charge is 2.37. The van der Waals surface area contributed by atoms with E-state index >= 15 is 0 Å². The molecule has 0 aromatic heterocycles. The smallest absolute Gasteiger partial charge is 0.113 e. The van der Waals surface area contributed by atoms with Crippen LogP contribution in [0.3, 0.4) is 0 Å². The summed E-state index contributed by atoms with van der Waals surface area (Å²) in [7, 11) is 1.60. The van der Waals surface area contributed by atoms with Crippen molar-refractivity contribution >= 4 is 11.6 Å². The molecule has 76 valence electrons. The average molecular weight is 213 g/mol. The molecule has 1 aliphatic rings. The quantitative estimate of drug-likeness (QED) is 0.814. The summed E-state index contributed by atoms with van der Waals surface area (Å²) in [4.78, 5) is 0. The van der Waals surface area contributed by atoms with Crippen LogP contribution in [0.1, 0.15) is 17.5 Å². The Balaban J connectivity index is 2.44. The molecule has 3 heteroatoms. The summed E-state index contributed by atoms with van der Waals surface area (Å²) in [6.45, 7) is 0.334. The molecule has 14 heavy (non-hydrogen) atoms. The Bertz CT molecular complexity index is 351. The summed E-state index contributed by atoms with van der Waals surface area (Å²) in [6.07, 6.45) is 1.52. The van der Waals surface area contributed by atoms with Crippen LogP contribution in [0.2, 0.25) is 5.02 Å². The molecule has 1 aromatic rings. The number of fused-ring (bicyclic) bond motifs is 1. The van der Waals surface area contributed by atoms with Crippen molar-refractivity contribution in [2.24, 2.45) is 0 Å². The molecule has 0 heterocycles. The highest BCUT2D eigenvalue weighted by atomic mass is 35.5. The average Bonchev–Trinajstić information content (AvgIpc) is 2.47. The normalized spacial score (nSPS) is 25.1. The Labute approximate surface area is 88.5 Å². The first-order valence-corrected chi connectivity index (χ1v) is 5.04. The molecule has 1 atom stereocenters. The Hall–Kier alpha value is -0.570. The van der Waals surface area contributed by atoms with Gasteiger partial charge >= 0.3 is 0 Å². The van der Waals surface area contributed by atoms with Gasteiger partial charge in [0, 0.05) is 12.1 Å². The molecule has 0 radical (unpaired) electrons. The molecule has 1 N–H and O–H groups in total. The standard InChI is InChI=1S/C11H13ClO2/c1-14-7-11(13)6-5-8-9(11)3-2-4-10(8)12/h2-4,13H,5-7H2,1H3. The van der Waals surface area contributed by atoms with E-state index in [4.69, 9.17) is 16.3 Å². The lowest BCUT2D eigenvalue weighted by molar-refractivity contribution is -0.0340. The summed E-state index contributed by atoms with van der Waals surface area (Å²) in [5.74, 6) is 0. The number of hydrogen-bond donors (Lipinski definition) is 1. The van der Waals surface area contributed by atoms with E-state index < -0.39 is 5.60 Å². The van der Waals surface area contributed by atoms with E-state index in [9.17, 15) is 5.11 Å². The number of hydrogen-bond acceptors (Lipinski definition) is 2. The molecule has 1 unspecified atom stereocenters. The van der Waals surface area contributed by atoms with Crippen LogP contribution in [-0.4, -0.2) is 18.8 Å². The maximum Gasteiger partial charge on any atom is 0.113 e. The van der Waals surface area contributed by atoms with Gasteiger partial charge in [-0.1, -0.05) is 23.7 Å². The summed E-state index contributed by atoms with van der Waals surface area (Å²) >= 11 is 6.05. The van der Waals surface area contributed by atoms with Gasteiger partial charge in [-0.15, -0.1) is 0 Å². The zero-order valence-corrected chi connectivity index (χ0v) is 8.84. The van der Waals surface area contributed by atoms with Crippen molar-refractivity contribution in [1.82, 2.24) is 0 Å². The number of ether oxygens (including phenoxy) is 1. The number of halogens is 1. The van der Waals surface area contributed by atoms with Crippen molar-refractivity contribution in [2.75, 3.05) is 13.7 Å². The van der Waals surface area contributed by atoms with Crippen LogP contribution in [0, 0.1) is 0 Å². The predicted molar refractivity (Wildman–Crippen MR) is 55.5 cm³/mol. The molecule has 0 bridgehead atoms. The first kappa shape index (κ1) is 9.97. The monoisotopic (exact) mass is 212 g/mol. The van der Waals surface area contributed by atoms with Crippen molar-refractivity contribution in [2.45, 2.75) is 18.4 Å². The minimum atomic E-state index is -0.838. The molecule has 2 rings (SSSR count). The van der Waals surface area contributed by atoms with Gasteiger partial charge in [0.2, 0.25) is 0 Å². The molecule has 0 saturated heterocycles. The number of rotatable bonds is 2. The minimum absolute atomic E-state index is 0.334. The van der Waals surface area contributed by atoms with Gasteiger partial charge in [-0.05, 0) is 30.0 Å². The molecular formula is C11H13ClO2. The zero-order valence-electron chi connectivity index (χ0n) is 8.09. The minimum Gasteiger partial charge on any atom is -0.383 e. The van der Waals surface area contributed by atoms with Gasteiger partial charge < -0.3 is 9.84 Å². The number of benzene rings is 1. The summed E-state index contributed by atoms with van der Waals surface area (Å²) in [6, 6.07) is 5.65. The van der Waals surface area contributed by atoms with Crippen LogP contribution in [0.4, 0.5) is 0 Å². The highest BCUT2D eigenvalue weighted by molar-refractivity contribution is 6.31. The van der Waals surface area contributed by atoms with Crippen molar-refractivity contribution in [3.63, 3.8) is 0 Å². The lowest BCUT2D eigenvalue weighted by atomic mass is 9.97. The van der Waals surface area contributed by atoms with Crippen LogP contribution in [0.5, 0.6) is 0 Å². The molecule has 1 aliphatic carbocycles. The SMILES string of the molecule is COCC1(O)CCc2c(Cl)cccc21. The van der Waals surface area contributed by atoms with Crippen LogP contribution >= 0.6 is 11.6 Å². The molecule has 1 aromatic carbocycles. The second kappa shape index (κ2) is 3.54. The molecule has 0 spiro atoms. The molecular weight excluding hydrogens is 200 g/mol. The third-order valence-corrected chi connectivity index (χ3v) is 3.15. The third-order valence-electron chi connectivity index (χ3n) is 2.79. The maximum absolute atomic E-state index is 10.3. The maximum atomic E-state index is 10.3. The highest BCUT2D eigenvalue weighted by Crippen LogP contribution is 2.39. The van der Waals surface area contributed by atoms with Crippen molar-refractivity contribution in [1.29, 1.82) is 0 Å². The van der Waals surface area contributed by atoms with Gasteiger partial charge in [-0.3, -0.25) is 0 Å². The molecule has 2 nitrogen and oxygen atoms in total. The van der Waals surface area contributed by atoms with Gasteiger partial charge in [-0.2, -0.15) is 0 Å². The third kappa shape index (κ3) is 1.44. The number of aliphatic hydroxyl groups is 1. The van der Waals surface area contributed by atoms with Gasteiger partial charge in [0.05, 0.1) is 6.61 Å². The summed E-state index contributed by atoms with van der Waals surface area (Å²) in [5.41, 5.74) is 1.15. The van der Waals surface area contributed by atoms with Crippen LogP contribution < -0.4 is 0 Å². The summed E-state index contributed by atoms with van der Waals surface area (Å²) in [5, 5.41) is 11.0. The lowest BCUT2D eigenvalue weighted by Crippen LogP contribution is -2.28. The number of methoxy groups -OCH3 is 1. The largest absolute Gasteiger partial charge is 0.383 e. The fourth-order valence-electron chi connectivity index (χ4n) is 2.10. The van der Waals surface area contributed by atoms with Crippen LogP contribution in [0.25, 0.3) is 0 Å². The van der Waals surface area contributed by atoms with E-state index in [0.717, 1.165) is 22.6 Å². The first-order chi connectivity index (χ1) is 6.67. The molecule has 0 aliphatic heterocycles. The Kier molecular flexibility index (Phi) is 2.52. The Morgan fingerprint density at radius 3 is 3.07 bits per heavy atom. The molecule has 0 saturated carbocycles. The Morgan fingerprint density at radius 1 is 1.57 bits per heavy atom. The van der Waals surface area contributed by atoms with E-state index in [-0.39, 0.29) is 0 Å². The van der Waals surface area contributed by atoms with Gasteiger partial charge in [0.15, 0.2) is 0 Å². The van der Waals surface area contributed by atoms with E-state index in [0.29, 0.717) is 13.0 Å². The van der Waals surface area contributed by atoms with Gasteiger partial charge in [0.25, 0.3) is 0 Å². The van der Waals surface area contributed by atoms with E-state index in [1.807, 2.05) is 18.2 Å². The topological polar surface area (TPSA) is 29.5 Å². The predicted octanol–water partition coefficient (Wildman–Crippen LogP) is 2.12. The second-order valence-electron chi connectivity index (χ2n) is 3.73. The second-order valence-corrected chi connectivity index (χ2v) is 4.14.